The summed E-state index contributed by atoms with van der Waals surface area (Å²) in [6, 6.07) is 7.55. The van der Waals surface area contributed by atoms with Gasteiger partial charge in [0, 0.05) is 11.8 Å². The van der Waals surface area contributed by atoms with Gasteiger partial charge in [-0.05, 0) is 17.5 Å². The summed E-state index contributed by atoms with van der Waals surface area (Å²) in [7, 11) is 0. The van der Waals surface area contributed by atoms with E-state index in [2.05, 4.69) is 0 Å². The molecule has 2 aliphatic carbocycles. The zero-order valence-electron chi connectivity index (χ0n) is 7.08. The Morgan fingerprint density at radius 1 is 1.08 bits per heavy atom. The Hall–Kier alpha value is -0.920. The van der Waals surface area contributed by atoms with Crippen LogP contribution in [0.4, 0.5) is 8.78 Å². The highest BCUT2D eigenvalue weighted by Gasteiger charge is 2.52. The molecule has 4 atom stereocenters. The Morgan fingerprint density at radius 2 is 1.77 bits per heavy atom. The summed E-state index contributed by atoms with van der Waals surface area (Å²) in [4.78, 5) is 0. The molecule has 0 aliphatic heterocycles. The molecule has 0 spiro atoms. The fourth-order valence-electron chi connectivity index (χ4n) is 2.79. The number of hydrogen-bond acceptors (Lipinski definition) is 0. The lowest BCUT2D eigenvalue weighted by molar-refractivity contribution is 0.255. The molecule has 0 saturated heterocycles. The van der Waals surface area contributed by atoms with Crippen LogP contribution < -0.4 is 0 Å². The van der Waals surface area contributed by atoms with Gasteiger partial charge in [-0.15, -0.1) is 0 Å². The Bertz CT molecular complexity index is 348. The van der Waals surface area contributed by atoms with Crippen molar-refractivity contribution in [2.24, 2.45) is 0 Å². The molecule has 68 valence electrons. The quantitative estimate of drug-likeness (QED) is 0.575. The molecule has 1 unspecified atom stereocenters. The molecule has 1 fully saturated rings. The lowest BCUT2D eigenvalue weighted by Crippen LogP contribution is -2.12. The maximum Gasteiger partial charge on any atom is 0.117 e. The van der Waals surface area contributed by atoms with Gasteiger partial charge in [0.05, 0.1) is 0 Å². The van der Waals surface area contributed by atoms with Gasteiger partial charge in [0.1, 0.15) is 12.3 Å². The van der Waals surface area contributed by atoms with Gasteiger partial charge in [0.15, 0.2) is 0 Å². The first kappa shape index (κ1) is 7.48. The number of halogens is 2. The average Bonchev–Trinajstić information content (AvgIpc) is 2.56. The number of hydrogen-bond donors (Lipinski definition) is 0. The second-order valence-corrected chi connectivity index (χ2v) is 3.96. The number of rotatable bonds is 0. The van der Waals surface area contributed by atoms with Crippen LogP contribution in [-0.2, 0) is 0 Å². The zero-order valence-corrected chi connectivity index (χ0v) is 7.08. The molecule has 2 bridgehead atoms. The smallest absolute Gasteiger partial charge is 0.117 e. The standard InChI is InChI=1S/C11H10F2/c12-9-5-8-6-3-1-2-4-7(6)10(9)11(8)13/h1-4,8-11H,5H2/t8-,9+,10-,11?/m1/s1. The maximum atomic E-state index is 13.6. The zero-order chi connectivity index (χ0) is 9.00. The summed E-state index contributed by atoms with van der Waals surface area (Å²) < 4.78 is 26.9. The minimum Gasteiger partial charge on any atom is -0.247 e. The van der Waals surface area contributed by atoms with Crippen LogP contribution in [0.25, 0.3) is 0 Å². The summed E-state index contributed by atoms with van der Waals surface area (Å²) in [6.07, 6.45) is -1.56. The van der Waals surface area contributed by atoms with Crippen LogP contribution in [0.1, 0.15) is 29.4 Å². The molecule has 3 rings (SSSR count). The second-order valence-electron chi connectivity index (χ2n) is 3.96. The van der Waals surface area contributed by atoms with Gasteiger partial charge < -0.3 is 0 Å². The normalized spacial score (nSPS) is 40.8. The van der Waals surface area contributed by atoms with Crippen molar-refractivity contribution in [1.82, 2.24) is 0 Å². The van der Waals surface area contributed by atoms with Crippen LogP contribution in [0.15, 0.2) is 24.3 Å². The molecule has 0 heterocycles. The fraction of sp³-hybridized carbons (Fsp3) is 0.455. The van der Waals surface area contributed by atoms with Crippen molar-refractivity contribution in [3.8, 4) is 0 Å². The van der Waals surface area contributed by atoms with Gasteiger partial charge in [-0.25, -0.2) is 8.78 Å². The summed E-state index contributed by atoms with van der Waals surface area (Å²) in [5, 5.41) is 0. The highest BCUT2D eigenvalue weighted by Crippen LogP contribution is 2.55. The van der Waals surface area contributed by atoms with Gasteiger partial charge in [-0.3, -0.25) is 0 Å². The van der Waals surface area contributed by atoms with Gasteiger partial charge in [0.2, 0.25) is 0 Å². The van der Waals surface area contributed by atoms with Crippen molar-refractivity contribution in [1.29, 1.82) is 0 Å². The predicted molar refractivity (Wildman–Crippen MR) is 46.3 cm³/mol. The van der Waals surface area contributed by atoms with E-state index >= 15 is 0 Å². The topological polar surface area (TPSA) is 0 Å². The van der Waals surface area contributed by atoms with E-state index in [0.717, 1.165) is 11.1 Å². The lowest BCUT2D eigenvalue weighted by atomic mass is 9.91. The molecule has 2 heteroatoms. The van der Waals surface area contributed by atoms with Gasteiger partial charge in [-0.1, -0.05) is 24.3 Å². The molecule has 0 nitrogen and oxygen atoms in total. The van der Waals surface area contributed by atoms with E-state index in [0.29, 0.717) is 6.42 Å². The Morgan fingerprint density at radius 3 is 2.54 bits per heavy atom. The summed E-state index contributed by atoms with van der Waals surface area (Å²) in [5.41, 5.74) is 1.94. The minimum atomic E-state index is -0.979. The third-order valence-electron chi connectivity index (χ3n) is 3.35. The molecule has 1 saturated carbocycles. The third kappa shape index (κ3) is 0.787. The number of alkyl halides is 2. The van der Waals surface area contributed by atoms with E-state index in [9.17, 15) is 8.78 Å². The molecule has 0 aromatic heterocycles. The van der Waals surface area contributed by atoms with Crippen molar-refractivity contribution >= 4 is 0 Å². The monoisotopic (exact) mass is 180 g/mol. The van der Waals surface area contributed by atoms with Crippen molar-refractivity contribution in [3.63, 3.8) is 0 Å². The van der Waals surface area contributed by atoms with E-state index in [4.69, 9.17) is 0 Å². The highest BCUT2D eigenvalue weighted by atomic mass is 19.1. The van der Waals surface area contributed by atoms with Gasteiger partial charge in [0.25, 0.3) is 0 Å². The van der Waals surface area contributed by atoms with Crippen LogP contribution >= 0.6 is 0 Å². The average molecular weight is 180 g/mol. The molecule has 2 aliphatic rings. The molecular weight excluding hydrogens is 170 g/mol. The van der Waals surface area contributed by atoms with Crippen molar-refractivity contribution in [3.05, 3.63) is 35.4 Å². The predicted octanol–water partition coefficient (Wildman–Crippen LogP) is 2.95. The number of fused-ring (bicyclic) bond motifs is 5. The SMILES string of the molecule is FC1[C@@H]2C[C@H](F)[C@H]1c1ccccc12. The van der Waals surface area contributed by atoms with Crippen LogP contribution in [0.2, 0.25) is 0 Å². The van der Waals surface area contributed by atoms with Gasteiger partial charge >= 0.3 is 0 Å². The Labute approximate surface area is 75.6 Å². The van der Waals surface area contributed by atoms with E-state index in [1.165, 1.54) is 0 Å². The first-order chi connectivity index (χ1) is 6.29. The second kappa shape index (κ2) is 2.31. The molecular formula is C11H10F2. The van der Waals surface area contributed by atoms with Crippen LogP contribution in [-0.4, -0.2) is 12.3 Å². The summed E-state index contributed by atoms with van der Waals surface area (Å²) >= 11 is 0. The summed E-state index contributed by atoms with van der Waals surface area (Å²) in [5.74, 6) is -0.641. The van der Waals surface area contributed by atoms with Gasteiger partial charge in [-0.2, -0.15) is 0 Å². The van der Waals surface area contributed by atoms with Crippen molar-refractivity contribution in [2.45, 2.75) is 30.6 Å². The molecule has 1 aromatic rings. The van der Waals surface area contributed by atoms with E-state index in [1.54, 1.807) is 0 Å². The molecule has 1 aromatic carbocycles. The maximum absolute atomic E-state index is 13.6. The van der Waals surface area contributed by atoms with E-state index in [1.807, 2.05) is 24.3 Å². The van der Waals surface area contributed by atoms with Crippen LogP contribution in [0, 0.1) is 0 Å². The van der Waals surface area contributed by atoms with E-state index in [-0.39, 0.29) is 5.92 Å². The fourth-order valence-corrected chi connectivity index (χ4v) is 2.79. The highest BCUT2D eigenvalue weighted by molar-refractivity contribution is 5.44. The minimum absolute atomic E-state index is 0.170. The van der Waals surface area contributed by atoms with Crippen LogP contribution in [0.3, 0.4) is 0 Å². The summed E-state index contributed by atoms with van der Waals surface area (Å²) in [6.45, 7) is 0. The molecule has 0 amide bonds. The first-order valence-electron chi connectivity index (χ1n) is 4.66. The van der Waals surface area contributed by atoms with Crippen molar-refractivity contribution < 1.29 is 8.78 Å². The molecule has 0 N–H and O–H groups in total. The molecule has 13 heavy (non-hydrogen) atoms. The van der Waals surface area contributed by atoms with E-state index < -0.39 is 18.3 Å². The largest absolute Gasteiger partial charge is 0.247 e. The lowest BCUT2D eigenvalue weighted by Gasteiger charge is -2.16. The number of benzene rings is 1. The molecule has 0 radical (unpaired) electrons. The Balaban J connectivity index is 2.18. The Kier molecular flexibility index (Phi) is 1.33. The first-order valence-corrected chi connectivity index (χ1v) is 4.66. The van der Waals surface area contributed by atoms with Crippen molar-refractivity contribution in [2.75, 3.05) is 0 Å². The van der Waals surface area contributed by atoms with Crippen LogP contribution in [0.5, 0.6) is 0 Å². The third-order valence-corrected chi connectivity index (χ3v) is 3.35.